The van der Waals surface area contributed by atoms with Crippen molar-refractivity contribution in [3.05, 3.63) is 29.8 Å². The minimum absolute atomic E-state index is 0.118. The van der Waals surface area contributed by atoms with E-state index in [4.69, 9.17) is 0 Å². The largest absolute Gasteiger partial charge is 0.342 e. The summed E-state index contributed by atoms with van der Waals surface area (Å²) in [7, 11) is -1.61. The molecule has 6 nitrogen and oxygen atoms in total. The van der Waals surface area contributed by atoms with Gasteiger partial charge in [0.15, 0.2) is 0 Å². The maximum atomic E-state index is 12.9. The lowest BCUT2D eigenvalue weighted by molar-refractivity contribution is -0.135. The Labute approximate surface area is 156 Å². The van der Waals surface area contributed by atoms with Crippen molar-refractivity contribution in [1.29, 1.82) is 0 Å². The molecule has 1 amide bonds. The highest BCUT2D eigenvalue weighted by molar-refractivity contribution is 7.89. The molecule has 0 saturated carbocycles. The molecule has 26 heavy (non-hydrogen) atoms. The van der Waals surface area contributed by atoms with Crippen LogP contribution in [0.4, 0.5) is 0 Å². The molecule has 2 unspecified atom stereocenters. The number of hydrogen-bond acceptors (Lipinski definition) is 4. The molecule has 2 saturated heterocycles. The molecule has 2 atom stereocenters. The molecular weight excluding hydrogens is 350 g/mol. The third-order valence-electron chi connectivity index (χ3n) is 5.48. The van der Waals surface area contributed by atoms with Crippen LogP contribution in [0.3, 0.4) is 0 Å². The molecule has 2 heterocycles. The van der Waals surface area contributed by atoms with Gasteiger partial charge in [0.1, 0.15) is 0 Å². The van der Waals surface area contributed by atoms with Crippen LogP contribution in [0.2, 0.25) is 0 Å². The van der Waals surface area contributed by atoms with Gasteiger partial charge in [0.05, 0.1) is 10.8 Å². The predicted octanol–water partition coefficient (Wildman–Crippen LogP) is 1.46. The second-order valence-electron chi connectivity index (χ2n) is 7.51. The first kappa shape index (κ1) is 19.3. The number of carbonyl (C=O) groups is 1. The number of aryl methyl sites for hydroxylation is 1. The van der Waals surface area contributed by atoms with Crippen molar-refractivity contribution in [1.82, 2.24) is 14.5 Å². The van der Waals surface area contributed by atoms with Crippen LogP contribution in [0.15, 0.2) is 29.2 Å². The van der Waals surface area contributed by atoms with Gasteiger partial charge in [-0.1, -0.05) is 17.7 Å². The molecule has 1 N–H and O–H groups in total. The van der Waals surface area contributed by atoms with Gasteiger partial charge in [-0.15, -0.1) is 0 Å². The molecule has 0 aliphatic carbocycles. The van der Waals surface area contributed by atoms with Crippen molar-refractivity contribution < 1.29 is 13.2 Å². The molecular formula is C19H29N3O3S. The fraction of sp³-hybridized carbons (Fsp3) is 0.632. The molecule has 3 rings (SSSR count). The lowest BCUT2D eigenvalue weighted by atomic mass is 9.98. The van der Waals surface area contributed by atoms with Gasteiger partial charge >= 0.3 is 0 Å². The number of nitrogens with zero attached hydrogens (tertiary/aromatic N) is 2. The molecule has 0 radical (unpaired) electrons. The highest BCUT2D eigenvalue weighted by Gasteiger charge is 2.36. The van der Waals surface area contributed by atoms with Crippen molar-refractivity contribution in [3.63, 3.8) is 0 Å². The maximum Gasteiger partial charge on any atom is 0.243 e. The molecule has 0 aromatic heterocycles. The summed E-state index contributed by atoms with van der Waals surface area (Å²) in [6.45, 7) is 5.20. The first-order valence-corrected chi connectivity index (χ1v) is 10.9. The van der Waals surface area contributed by atoms with Crippen LogP contribution in [0, 0.1) is 18.8 Å². The summed E-state index contributed by atoms with van der Waals surface area (Å²) in [5.41, 5.74) is 1.03. The molecule has 7 heteroatoms. The van der Waals surface area contributed by atoms with Gasteiger partial charge in [-0.05, 0) is 57.8 Å². The van der Waals surface area contributed by atoms with Crippen LogP contribution < -0.4 is 5.32 Å². The second kappa shape index (κ2) is 8.06. The van der Waals surface area contributed by atoms with E-state index in [0.717, 1.165) is 44.5 Å². The van der Waals surface area contributed by atoms with Crippen molar-refractivity contribution in [2.45, 2.75) is 31.1 Å². The number of piperidine rings is 1. The van der Waals surface area contributed by atoms with E-state index in [2.05, 4.69) is 5.32 Å². The minimum Gasteiger partial charge on any atom is -0.342 e. The highest BCUT2D eigenvalue weighted by Crippen LogP contribution is 2.27. The third-order valence-corrected chi connectivity index (χ3v) is 7.36. The molecule has 0 spiro atoms. The molecule has 0 bridgehead atoms. The van der Waals surface area contributed by atoms with E-state index in [1.54, 1.807) is 12.1 Å². The molecule has 2 aliphatic rings. The van der Waals surface area contributed by atoms with E-state index >= 15 is 0 Å². The lowest BCUT2D eigenvalue weighted by Crippen LogP contribution is -2.46. The van der Waals surface area contributed by atoms with Crippen molar-refractivity contribution in [3.8, 4) is 0 Å². The summed E-state index contributed by atoms with van der Waals surface area (Å²) >= 11 is 0. The van der Waals surface area contributed by atoms with Crippen LogP contribution in [0.1, 0.15) is 24.8 Å². The lowest BCUT2D eigenvalue weighted by Gasteiger charge is -2.33. The number of carbonyl (C=O) groups excluding carboxylic acids is 1. The maximum absolute atomic E-state index is 12.9. The standard InChI is InChI=1S/C19H29N3O3S/c1-15-5-7-18(8-6-15)26(24,25)22-10-3-4-17(14-22)19(23)21-11-9-16(13-21)12-20-2/h5-8,16-17,20H,3-4,9-14H2,1-2H3. The monoisotopic (exact) mass is 379 g/mol. The molecule has 144 valence electrons. The van der Waals surface area contributed by atoms with Crippen LogP contribution >= 0.6 is 0 Å². The Morgan fingerprint density at radius 1 is 1.15 bits per heavy atom. The van der Waals surface area contributed by atoms with Crippen LogP contribution in [-0.2, 0) is 14.8 Å². The Bertz CT molecular complexity index is 733. The van der Waals surface area contributed by atoms with Crippen molar-refractivity contribution in [2.24, 2.45) is 11.8 Å². The molecule has 2 fully saturated rings. The summed E-state index contributed by atoms with van der Waals surface area (Å²) in [6.07, 6.45) is 2.52. The summed E-state index contributed by atoms with van der Waals surface area (Å²) < 4.78 is 27.3. The first-order chi connectivity index (χ1) is 12.4. The average molecular weight is 380 g/mol. The van der Waals surface area contributed by atoms with E-state index in [1.807, 2.05) is 31.0 Å². The summed E-state index contributed by atoms with van der Waals surface area (Å²) in [4.78, 5) is 15.1. The highest BCUT2D eigenvalue weighted by atomic mass is 32.2. The SMILES string of the molecule is CNCC1CCN(C(=O)C2CCCN(S(=O)(=O)c3ccc(C)cc3)C2)C1. The fourth-order valence-electron chi connectivity index (χ4n) is 3.97. The predicted molar refractivity (Wildman–Crippen MR) is 101 cm³/mol. The van der Waals surface area contributed by atoms with E-state index in [0.29, 0.717) is 23.9 Å². The van der Waals surface area contributed by atoms with E-state index in [1.165, 1.54) is 4.31 Å². The van der Waals surface area contributed by atoms with Crippen LogP contribution in [0.25, 0.3) is 0 Å². The van der Waals surface area contributed by atoms with Gasteiger partial charge in [0, 0.05) is 26.2 Å². The Kier molecular flexibility index (Phi) is 5.99. The number of sulfonamides is 1. The Morgan fingerprint density at radius 3 is 2.58 bits per heavy atom. The average Bonchev–Trinajstić information content (AvgIpc) is 3.10. The fourth-order valence-corrected chi connectivity index (χ4v) is 5.49. The number of benzene rings is 1. The molecule has 2 aliphatic heterocycles. The van der Waals surface area contributed by atoms with Gasteiger partial charge in [-0.2, -0.15) is 4.31 Å². The van der Waals surface area contributed by atoms with E-state index < -0.39 is 10.0 Å². The normalized spacial score (nSPS) is 24.8. The van der Waals surface area contributed by atoms with Gasteiger partial charge in [0.2, 0.25) is 15.9 Å². The smallest absolute Gasteiger partial charge is 0.243 e. The molecule has 1 aromatic carbocycles. The zero-order chi connectivity index (χ0) is 18.7. The Balaban J connectivity index is 1.67. The quantitative estimate of drug-likeness (QED) is 0.841. The Hall–Kier alpha value is -1.44. The van der Waals surface area contributed by atoms with Crippen LogP contribution in [0.5, 0.6) is 0 Å². The van der Waals surface area contributed by atoms with Crippen LogP contribution in [-0.4, -0.2) is 63.3 Å². The number of hydrogen-bond donors (Lipinski definition) is 1. The summed E-state index contributed by atoms with van der Waals surface area (Å²) in [5.74, 6) is 0.393. The zero-order valence-corrected chi connectivity index (χ0v) is 16.5. The van der Waals surface area contributed by atoms with Crippen molar-refractivity contribution >= 4 is 15.9 Å². The van der Waals surface area contributed by atoms with Gasteiger partial charge in [0.25, 0.3) is 0 Å². The number of amides is 1. The second-order valence-corrected chi connectivity index (χ2v) is 9.45. The number of likely N-dealkylation sites (tertiary alicyclic amines) is 1. The topological polar surface area (TPSA) is 69.7 Å². The first-order valence-electron chi connectivity index (χ1n) is 9.42. The van der Waals surface area contributed by atoms with Gasteiger partial charge in [-0.25, -0.2) is 8.42 Å². The molecule has 1 aromatic rings. The van der Waals surface area contributed by atoms with E-state index in [9.17, 15) is 13.2 Å². The third kappa shape index (κ3) is 4.10. The summed E-state index contributed by atoms with van der Waals surface area (Å²) in [6, 6.07) is 6.93. The zero-order valence-electron chi connectivity index (χ0n) is 15.6. The summed E-state index contributed by atoms with van der Waals surface area (Å²) in [5, 5.41) is 3.17. The van der Waals surface area contributed by atoms with E-state index in [-0.39, 0.29) is 11.8 Å². The van der Waals surface area contributed by atoms with Gasteiger partial charge in [-0.3, -0.25) is 4.79 Å². The number of nitrogens with one attached hydrogen (secondary N) is 1. The van der Waals surface area contributed by atoms with Gasteiger partial charge < -0.3 is 10.2 Å². The van der Waals surface area contributed by atoms with Crippen molar-refractivity contribution in [2.75, 3.05) is 39.8 Å². The minimum atomic E-state index is -3.54. The number of rotatable bonds is 5. The Morgan fingerprint density at radius 2 is 1.88 bits per heavy atom.